The molecule has 0 fully saturated rings. The van der Waals surface area contributed by atoms with E-state index in [1.807, 2.05) is 6.07 Å². The number of benzene rings is 3. The summed E-state index contributed by atoms with van der Waals surface area (Å²) >= 11 is 0. The Balaban J connectivity index is 1.87. The highest BCUT2D eigenvalue weighted by atomic mass is 16.5. The number of ether oxygens (including phenoxy) is 1. The number of hydrogen-bond acceptors (Lipinski definition) is 2. The first-order valence-corrected chi connectivity index (χ1v) is 8.28. The molecule has 1 atom stereocenters. The molecule has 2 N–H and O–H groups in total. The van der Waals surface area contributed by atoms with Crippen molar-refractivity contribution in [1.29, 1.82) is 0 Å². The summed E-state index contributed by atoms with van der Waals surface area (Å²) in [6.07, 6.45) is 3.14. The molecule has 0 saturated heterocycles. The first kappa shape index (κ1) is 15.6. The van der Waals surface area contributed by atoms with E-state index in [4.69, 9.17) is 10.5 Å². The van der Waals surface area contributed by atoms with Crippen molar-refractivity contribution in [1.82, 2.24) is 0 Å². The van der Waals surface area contributed by atoms with Gasteiger partial charge in [0.15, 0.2) is 0 Å². The smallest absolute Gasteiger partial charge is 0.128 e. The van der Waals surface area contributed by atoms with Gasteiger partial charge in [-0.3, -0.25) is 0 Å². The minimum Gasteiger partial charge on any atom is -0.485 e. The zero-order valence-corrected chi connectivity index (χ0v) is 13.3. The van der Waals surface area contributed by atoms with E-state index in [-0.39, 0.29) is 6.10 Å². The molecule has 118 valence electrons. The van der Waals surface area contributed by atoms with Crippen LogP contribution in [0, 0.1) is 0 Å². The molecule has 2 nitrogen and oxygen atoms in total. The molecule has 0 bridgehead atoms. The lowest BCUT2D eigenvalue weighted by molar-refractivity contribution is 0.193. The predicted octanol–water partition coefficient (Wildman–Crippen LogP) is 5.09. The fraction of sp³-hybridized carbons (Fsp3) is 0.238. The quantitative estimate of drug-likeness (QED) is 0.617. The van der Waals surface area contributed by atoms with Crippen molar-refractivity contribution in [3.05, 3.63) is 78.4 Å². The molecule has 0 aliphatic carbocycles. The third kappa shape index (κ3) is 3.91. The fourth-order valence-electron chi connectivity index (χ4n) is 2.89. The van der Waals surface area contributed by atoms with Crippen LogP contribution in [0.4, 0.5) is 0 Å². The Morgan fingerprint density at radius 3 is 2.35 bits per heavy atom. The topological polar surface area (TPSA) is 35.2 Å². The van der Waals surface area contributed by atoms with Crippen LogP contribution < -0.4 is 10.5 Å². The van der Waals surface area contributed by atoms with Crippen LogP contribution in [0.2, 0.25) is 0 Å². The molecule has 0 spiro atoms. The molecule has 3 aromatic carbocycles. The van der Waals surface area contributed by atoms with Gasteiger partial charge in [-0.2, -0.15) is 0 Å². The van der Waals surface area contributed by atoms with Crippen molar-refractivity contribution in [3.8, 4) is 5.75 Å². The van der Waals surface area contributed by atoms with E-state index in [1.54, 1.807) is 0 Å². The lowest BCUT2D eigenvalue weighted by Crippen LogP contribution is -2.09. The standard InChI is InChI=1S/C21H23NO/c22-16-7-6-14-20(18-10-2-1-3-11-18)23-21-15-8-12-17-9-4-5-13-19(17)21/h1-5,8-13,15,20H,6-7,14,16,22H2. The van der Waals surface area contributed by atoms with Crippen molar-refractivity contribution in [3.63, 3.8) is 0 Å². The molecule has 0 saturated carbocycles. The van der Waals surface area contributed by atoms with Crippen LogP contribution in [-0.2, 0) is 0 Å². The third-order valence-corrected chi connectivity index (χ3v) is 4.11. The lowest BCUT2D eigenvalue weighted by Gasteiger charge is -2.21. The van der Waals surface area contributed by atoms with Crippen LogP contribution in [0.25, 0.3) is 10.8 Å². The summed E-state index contributed by atoms with van der Waals surface area (Å²) in [6, 6.07) is 25.0. The Hall–Kier alpha value is -2.32. The number of rotatable bonds is 7. The van der Waals surface area contributed by atoms with E-state index in [2.05, 4.69) is 66.7 Å². The van der Waals surface area contributed by atoms with Crippen LogP contribution in [0.3, 0.4) is 0 Å². The van der Waals surface area contributed by atoms with E-state index in [9.17, 15) is 0 Å². The lowest BCUT2D eigenvalue weighted by atomic mass is 10.0. The van der Waals surface area contributed by atoms with Crippen molar-refractivity contribution in [2.75, 3.05) is 6.54 Å². The summed E-state index contributed by atoms with van der Waals surface area (Å²) in [4.78, 5) is 0. The van der Waals surface area contributed by atoms with E-state index < -0.39 is 0 Å². The zero-order chi connectivity index (χ0) is 15.9. The maximum atomic E-state index is 6.42. The summed E-state index contributed by atoms with van der Waals surface area (Å²) in [5.74, 6) is 0.949. The molecular weight excluding hydrogens is 282 g/mol. The summed E-state index contributed by atoms with van der Waals surface area (Å²) in [6.45, 7) is 0.732. The molecular formula is C21H23NO. The van der Waals surface area contributed by atoms with E-state index >= 15 is 0 Å². The first-order chi connectivity index (χ1) is 11.4. The molecule has 1 unspecified atom stereocenters. The molecule has 0 heterocycles. The Morgan fingerprint density at radius 1 is 0.783 bits per heavy atom. The zero-order valence-electron chi connectivity index (χ0n) is 13.3. The van der Waals surface area contributed by atoms with Crippen molar-refractivity contribution >= 4 is 10.8 Å². The third-order valence-electron chi connectivity index (χ3n) is 4.11. The Bertz CT molecular complexity index is 734. The normalized spacial score (nSPS) is 12.2. The number of unbranched alkanes of at least 4 members (excludes halogenated alkanes) is 1. The number of fused-ring (bicyclic) bond motifs is 1. The number of hydrogen-bond donors (Lipinski definition) is 1. The Labute approximate surface area is 137 Å². The van der Waals surface area contributed by atoms with Gasteiger partial charge in [0.05, 0.1) is 0 Å². The molecule has 0 aromatic heterocycles. The van der Waals surface area contributed by atoms with Gasteiger partial charge >= 0.3 is 0 Å². The minimum atomic E-state index is 0.0635. The van der Waals surface area contributed by atoms with Gasteiger partial charge in [-0.15, -0.1) is 0 Å². The Morgan fingerprint density at radius 2 is 1.52 bits per heavy atom. The van der Waals surface area contributed by atoms with Gasteiger partial charge in [0, 0.05) is 5.39 Å². The van der Waals surface area contributed by atoms with Crippen molar-refractivity contribution in [2.24, 2.45) is 5.73 Å². The second kappa shape index (κ2) is 7.80. The van der Waals surface area contributed by atoms with Gasteiger partial charge in [-0.25, -0.2) is 0 Å². The second-order valence-electron chi connectivity index (χ2n) is 5.78. The highest BCUT2D eigenvalue weighted by Gasteiger charge is 2.14. The summed E-state index contributed by atoms with van der Waals surface area (Å²) in [5.41, 5.74) is 6.86. The van der Waals surface area contributed by atoms with Crippen LogP contribution >= 0.6 is 0 Å². The van der Waals surface area contributed by atoms with Gasteiger partial charge in [0.25, 0.3) is 0 Å². The Kier molecular flexibility index (Phi) is 5.28. The second-order valence-corrected chi connectivity index (χ2v) is 5.78. The largest absolute Gasteiger partial charge is 0.485 e. The average molecular weight is 305 g/mol. The highest BCUT2D eigenvalue weighted by Crippen LogP contribution is 2.31. The van der Waals surface area contributed by atoms with E-state index in [1.165, 1.54) is 10.9 Å². The average Bonchev–Trinajstić information content (AvgIpc) is 2.62. The van der Waals surface area contributed by atoms with Crippen LogP contribution in [0.1, 0.15) is 30.9 Å². The van der Waals surface area contributed by atoms with Crippen LogP contribution in [0.15, 0.2) is 72.8 Å². The summed E-state index contributed by atoms with van der Waals surface area (Å²) < 4.78 is 6.42. The van der Waals surface area contributed by atoms with E-state index in [0.29, 0.717) is 0 Å². The van der Waals surface area contributed by atoms with Gasteiger partial charge in [-0.1, -0.05) is 66.7 Å². The molecule has 3 rings (SSSR count). The SMILES string of the molecule is NCCCCC(Oc1cccc2ccccc12)c1ccccc1. The van der Waals surface area contributed by atoms with Gasteiger partial charge in [0.2, 0.25) is 0 Å². The maximum absolute atomic E-state index is 6.42. The molecule has 0 aliphatic rings. The highest BCUT2D eigenvalue weighted by molar-refractivity contribution is 5.88. The van der Waals surface area contributed by atoms with E-state index in [0.717, 1.165) is 36.9 Å². The maximum Gasteiger partial charge on any atom is 0.128 e. The van der Waals surface area contributed by atoms with Crippen LogP contribution in [0.5, 0.6) is 5.75 Å². The van der Waals surface area contributed by atoms with Gasteiger partial charge < -0.3 is 10.5 Å². The monoisotopic (exact) mass is 305 g/mol. The fourth-order valence-corrected chi connectivity index (χ4v) is 2.89. The summed E-state index contributed by atoms with van der Waals surface area (Å²) in [5, 5.41) is 2.37. The van der Waals surface area contributed by atoms with Gasteiger partial charge in [-0.05, 0) is 42.8 Å². The molecule has 2 heteroatoms. The molecule has 3 aromatic rings. The first-order valence-electron chi connectivity index (χ1n) is 8.28. The van der Waals surface area contributed by atoms with Gasteiger partial charge in [0.1, 0.15) is 11.9 Å². The summed E-state index contributed by atoms with van der Waals surface area (Å²) in [7, 11) is 0. The molecule has 0 amide bonds. The molecule has 0 radical (unpaired) electrons. The van der Waals surface area contributed by atoms with Crippen LogP contribution in [-0.4, -0.2) is 6.54 Å². The predicted molar refractivity (Wildman–Crippen MR) is 96.7 cm³/mol. The molecule has 23 heavy (non-hydrogen) atoms. The molecule has 0 aliphatic heterocycles. The number of nitrogens with two attached hydrogens (primary N) is 1. The van der Waals surface area contributed by atoms with Crippen molar-refractivity contribution < 1.29 is 4.74 Å². The minimum absolute atomic E-state index is 0.0635. The van der Waals surface area contributed by atoms with Crippen molar-refractivity contribution in [2.45, 2.75) is 25.4 Å².